The average molecular weight is 324 g/mol. The van der Waals surface area contributed by atoms with E-state index in [4.69, 9.17) is 5.26 Å². The summed E-state index contributed by atoms with van der Waals surface area (Å²) in [5.41, 5.74) is 1.39. The Hall–Kier alpha value is -3.20. The molecule has 2 aromatic rings. The van der Waals surface area contributed by atoms with Crippen molar-refractivity contribution < 1.29 is 9.18 Å². The minimum Gasteiger partial charge on any atom is -0.389 e. The normalized spacial score (nSPS) is 10.8. The van der Waals surface area contributed by atoms with Gasteiger partial charge in [-0.05, 0) is 29.7 Å². The lowest BCUT2D eigenvalue weighted by Gasteiger charge is -2.06. The highest BCUT2D eigenvalue weighted by Crippen LogP contribution is 2.06. The Kier molecular flexibility index (Phi) is 6.47. The van der Waals surface area contributed by atoms with Crippen molar-refractivity contribution in [2.75, 3.05) is 6.54 Å². The first-order valence-corrected chi connectivity index (χ1v) is 7.45. The number of hydrogen-bond donors (Lipinski definition) is 2. The van der Waals surface area contributed by atoms with Gasteiger partial charge in [-0.1, -0.05) is 24.3 Å². The fourth-order valence-electron chi connectivity index (χ4n) is 2.01. The third-order valence-electron chi connectivity index (χ3n) is 3.28. The molecule has 0 aliphatic heterocycles. The van der Waals surface area contributed by atoms with E-state index in [-0.39, 0.29) is 11.4 Å². The first-order chi connectivity index (χ1) is 11.7. The number of halogens is 1. The van der Waals surface area contributed by atoms with Gasteiger partial charge in [-0.25, -0.2) is 4.39 Å². The van der Waals surface area contributed by atoms with Crippen molar-refractivity contribution in [3.63, 3.8) is 0 Å². The van der Waals surface area contributed by atoms with Crippen LogP contribution in [0.15, 0.2) is 60.6 Å². The highest BCUT2D eigenvalue weighted by molar-refractivity contribution is 5.97. The number of benzene rings is 1. The molecule has 0 fully saturated rings. The molecule has 122 valence electrons. The summed E-state index contributed by atoms with van der Waals surface area (Å²) >= 11 is 0. The Balaban J connectivity index is 1.81. The predicted molar refractivity (Wildman–Crippen MR) is 87.9 cm³/mol. The van der Waals surface area contributed by atoms with E-state index in [1.807, 2.05) is 12.1 Å². The first-order valence-electron chi connectivity index (χ1n) is 7.45. The molecule has 0 aliphatic rings. The molecule has 0 aliphatic carbocycles. The van der Waals surface area contributed by atoms with Crippen molar-refractivity contribution in [3.8, 4) is 6.07 Å². The van der Waals surface area contributed by atoms with E-state index in [0.717, 1.165) is 5.56 Å². The second-order valence-corrected chi connectivity index (χ2v) is 5.01. The number of carbonyl (C=O) groups is 1. The van der Waals surface area contributed by atoms with Crippen LogP contribution in [0.2, 0.25) is 0 Å². The van der Waals surface area contributed by atoms with Gasteiger partial charge in [0.1, 0.15) is 17.5 Å². The lowest BCUT2D eigenvalue weighted by atomic mass is 10.1. The Morgan fingerprint density at radius 1 is 1.29 bits per heavy atom. The molecular weight excluding hydrogens is 307 g/mol. The van der Waals surface area contributed by atoms with E-state index in [2.05, 4.69) is 15.6 Å². The van der Waals surface area contributed by atoms with Crippen molar-refractivity contribution in [2.24, 2.45) is 0 Å². The summed E-state index contributed by atoms with van der Waals surface area (Å²) in [7, 11) is 0. The molecule has 0 unspecified atom stereocenters. The molecule has 0 saturated heterocycles. The third-order valence-corrected chi connectivity index (χ3v) is 3.28. The van der Waals surface area contributed by atoms with Gasteiger partial charge in [0.15, 0.2) is 0 Å². The quantitative estimate of drug-likeness (QED) is 0.464. The van der Waals surface area contributed by atoms with Crippen LogP contribution in [0.3, 0.4) is 0 Å². The monoisotopic (exact) mass is 324 g/mol. The highest BCUT2D eigenvalue weighted by atomic mass is 19.1. The van der Waals surface area contributed by atoms with Crippen molar-refractivity contribution in [1.29, 1.82) is 5.26 Å². The largest absolute Gasteiger partial charge is 0.389 e. The van der Waals surface area contributed by atoms with E-state index in [0.29, 0.717) is 25.1 Å². The summed E-state index contributed by atoms with van der Waals surface area (Å²) in [6, 6.07) is 11.9. The van der Waals surface area contributed by atoms with Gasteiger partial charge < -0.3 is 10.6 Å². The molecule has 0 saturated carbocycles. The fraction of sp³-hybridized carbons (Fsp3) is 0.167. The van der Waals surface area contributed by atoms with Gasteiger partial charge in [-0.15, -0.1) is 0 Å². The molecule has 0 spiro atoms. The topological polar surface area (TPSA) is 77.8 Å². The molecule has 2 N–H and O–H groups in total. The van der Waals surface area contributed by atoms with Crippen LogP contribution >= 0.6 is 0 Å². The molecule has 2 rings (SSSR count). The van der Waals surface area contributed by atoms with Crippen molar-refractivity contribution in [1.82, 2.24) is 15.6 Å². The van der Waals surface area contributed by atoms with E-state index in [1.165, 1.54) is 12.3 Å². The van der Waals surface area contributed by atoms with Gasteiger partial charge in [0, 0.05) is 31.7 Å². The molecule has 0 bridgehead atoms. The second-order valence-electron chi connectivity index (χ2n) is 5.01. The third kappa shape index (κ3) is 5.21. The molecule has 1 amide bonds. The van der Waals surface area contributed by atoms with E-state index < -0.39 is 5.91 Å². The van der Waals surface area contributed by atoms with Crippen LogP contribution in [0, 0.1) is 17.1 Å². The molecule has 6 heteroatoms. The van der Waals surface area contributed by atoms with Gasteiger partial charge in [0.25, 0.3) is 5.91 Å². The number of nitrogens with zero attached hydrogens (tertiary/aromatic N) is 2. The van der Waals surface area contributed by atoms with Crippen LogP contribution in [0.25, 0.3) is 0 Å². The molecule has 1 aromatic carbocycles. The Morgan fingerprint density at radius 2 is 2.12 bits per heavy atom. The number of aromatic nitrogens is 1. The maximum absolute atomic E-state index is 13.5. The lowest BCUT2D eigenvalue weighted by molar-refractivity contribution is -0.117. The second kappa shape index (κ2) is 9.06. The van der Waals surface area contributed by atoms with Crippen LogP contribution in [0.5, 0.6) is 0 Å². The van der Waals surface area contributed by atoms with Crippen molar-refractivity contribution >= 4 is 5.91 Å². The molecule has 1 aromatic heterocycles. The van der Waals surface area contributed by atoms with Crippen LogP contribution in [0.1, 0.15) is 11.1 Å². The smallest absolute Gasteiger partial charge is 0.263 e. The Bertz CT molecular complexity index is 753. The van der Waals surface area contributed by atoms with Crippen LogP contribution in [0.4, 0.5) is 4.39 Å². The van der Waals surface area contributed by atoms with E-state index >= 15 is 0 Å². The number of nitriles is 1. The molecule has 5 nitrogen and oxygen atoms in total. The number of hydrogen-bond acceptors (Lipinski definition) is 4. The number of nitrogens with one attached hydrogen (secondary N) is 2. The van der Waals surface area contributed by atoms with Crippen LogP contribution in [-0.2, 0) is 17.8 Å². The van der Waals surface area contributed by atoms with Gasteiger partial charge >= 0.3 is 0 Å². The highest BCUT2D eigenvalue weighted by Gasteiger charge is 2.08. The SMILES string of the molecule is N#C/C(=C/NCCc1ccccc1F)C(=O)NCc1cccnc1. The average Bonchev–Trinajstić information content (AvgIpc) is 2.62. The summed E-state index contributed by atoms with van der Waals surface area (Å²) in [5, 5.41) is 14.6. The van der Waals surface area contributed by atoms with Crippen molar-refractivity contribution in [2.45, 2.75) is 13.0 Å². The van der Waals surface area contributed by atoms with Gasteiger partial charge in [0.2, 0.25) is 0 Å². The molecule has 1 heterocycles. The minimum absolute atomic E-state index is 0.0348. The Labute approximate surface area is 139 Å². The summed E-state index contributed by atoms with van der Waals surface area (Å²) in [6.45, 7) is 0.711. The van der Waals surface area contributed by atoms with Gasteiger partial charge in [0.05, 0.1) is 0 Å². The zero-order valence-corrected chi connectivity index (χ0v) is 13.0. The number of pyridine rings is 1. The minimum atomic E-state index is -0.472. The number of carbonyl (C=O) groups excluding carboxylic acids is 1. The standard InChI is InChI=1S/C18H17FN4O/c19-17-6-2-1-5-15(17)7-9-22-13-16(10-20)18(24)23-12-14-4-3-8-21-11-14/h1-6,8,11,13,22H,7,9,12H2,(H,23,24)/b16-13-. The lowest BCUT2D eigenvalue weighted by Crippen LogP contribution is -2.25. The van der Waals surface area contributed by atoms with E-state index in [1.54, 1.807) is 36.7 Å². The maximum Gasteiger partial charge on any atom is 0.263 e. The zero-order chi connectivity index (χ0) is 17.2. The summed E-state index contributed by atoms with van der Waals surface area (Å²) < 4.78 is 13.5. The van der Waals surface area contributed by atoms with Gasteiger partial charge in [-0.3, -0.25) is 9.78 Å². The van der Waals surface area contributed by atoms with Crippen LogP contribution in [-0.4, -0.2) is 17.4 Å². The number of rotatable bonds is 7. The summed E-state index contributed by atoms with van der Waals surface area (Å²) in [4.78, 5) is 15.9. The zero-order valence-electron chi connectivity index (χ0n) is 13.0. The Morgan fingerprint density at radius 3 is 2.83 bits per heavy atom. The maximum atomic E-state index is 13.5. The van der Waals surface area contributed by atoms with Crippen LogP contribution < -0.4 is 10.6 Å². The summed E-state index contributed by atoms with van der Waals surface area (Å²) in [5.74, 6) is -0.738. The number of amides is 1. The van der Waals surface area contributed by atoms with Gasteiger partial charge in [-0.2, -0.15) is 5.26 Å². The molecular formula is C18H17FN4O. The summed E-state index contributed by atoms with van der Waals surface area (Å²) in [6.07, 6.45) is 5.09. The predicted octanol–water partition coefficient (Wildman–Crippen LogP) is 2.08. The first kappa shape index (κ1) is 17.2. The molecule has 0 atom stereocenters. The van der Waals surface area contributed by atoms with Crippen molar-refractivity contribution in [3.05, 3.63) is 77.5 Å². The fourth-order valence-corrected chi connectivity index (χ4v) is 2.01. The van der Waals surface area contributed by atoms with E-state index in [9.17, 15) is 9.18 Å². The molecule has 24 heavy (non-hydrogen) atoms. The molecule has 0 radical (unpaired) electrons.